The molecule has 9 heteroatoms. The van der Waals surface area contributed by atoms with E-state index in [4.69, 9.17) is 0 Å². The highest BCUT2D eigenvalue weighted by Crippen LogP contribution is 2.38. The summed E-state index contributed by atoms with van der Waals surface area (Å²) in [5.41, 5.74) is 0.642. The van der Waals surface area contributed by atoms with Gasteiger partial charge < -0.3 is 15.7 Å². The van der Waals surface area contributed by atoms with Crippen molar-refractivity contribution in [1.82, 2.24) is 9.88 Å². The van der Waals surface area contributed by atoms with Gasteiger partial charge in [0, 0.05) is 17.5 Å². The van der Waals surface area contributed by atoms with Crippen molar-refractivity contribution in [1.29, 1.82) is 0 Å². The molecule has 2 heterocycles. The van der Waals surface area contributed by atoms with E-state index < -0.39 is 23.6 Å². The summed E-state index contributed by atoms with van der Waals surface area (Å²) in [5.74, 6) is -1.97. The number of carbonyl (C=O) groups excluding carboxylic acids is 1. The van der Waals surface area contributed by atoms with Gasteiger partial charge in [-0.2, -0.15) is 0 Å². The van der Waals surface area contributed by atoms with Crippen LogP contribution in [0.1, 0.15) is 28.9 Å². The van der Waals surface area contributed by atoms with E-state index in [1.54, 1.807) is 30.3 Å². The van der Waals surface area contributed by atoms with E-state index in [1.807, 2.05) is 6.07 Å². The van der Waals surface area contributed by atoms with Gasteiger partial charge in [0.25, 0.3) is 11.5 Å². The molecule has 0 spiro atoms. The van der Waals surface area contributed by atoms with Crippen molar-refractivity contribution in [2.45, 2.75) is 31.4 Å². The summed E-state index contributed by atoms with van der Waals surface area (Å²) < 4.78 is 29.4. The Bertz CT molecular complexity index is 1430. The molecule has 1 saturated carbocycles. The Morgan fingerprint density at radius 1 is 1.06 bits per heavy atom. The van der Waals surface area contributed by atoms with Crippen LogP contribution >= 0.6 is 11.3 Å². The van der Waals surface area contributed by atoms with Gasteiger partial charge in [0.05, 0.1) is 29.2 Å². The summed E-state index contributed by atoms with van der Waals surface area (Å²) in [7, 11) is 0. The summed E-state index contributed by atoms with van der Waals surface area (Å²) in [6.07, 6.45) is 1.43. The monoisotopic (exact) mass is 481 g/mol. The van der Waals surface area contributed by atoms with E-state index in [9.17, 15) is 23.5 Å². The molecule has 6 nitrogen and oxygen atoms in total. The highest BCUT2D eigenvalue weighted by atomic mass is 32.1. The van der Waals surface area contributed by atoms with Crippen molar-refractivity contribution in [2.24, 2.45) is 0 Å². The summed E-state index contributed by atoms with van der Waals surface area (Å²) in [5, 5.41) is 16.5. The van der Waals surface area contributed by atoms with Gasteiger partial charge >= 0.3 is 0 Å². The molecule has 4 aromatic rings. The van der Waals surface area contributed by atoms with Gasteiger partial charge in [0.1, 0.15) is 21.3 Å². The van der Waals surface area contributed by atoms with Crippen LogP contribution in [-0.4, -0.2) is 27.7 Å². The van der Waals surface area contributed by atoms with Gasteiger partial charge in [-0.3, -0.25) is 14.2 Å². The molecule has 3 N–H and O–H groups in total. The highest BCUT2D eigenvalue weighted by molar-refractivity contribution is 7.21. The van der Waals surface area contributed by atoms with Crippen molar-refractivity contribution in [3.05, 3.63) is 87.5 Å². The standard InChI is InChI=1S/C25H21F2N3O3S/c26-14-9-11-18(17(27)13-14)28-22-16-10-12-21(32)30(15-5-2-1-3-6-15)25(16)34-23(22)24(33)29-19-7-4-8-20(19)31/h1-3,5-6,9-13,19-20,28,31H,4,7-8H2,(H,29,33)/t19-,20-/m1/s1. The van der Waals surface area contributed by atoms with Gasteiger partial charge in [-0.05, 0) is 49.6 Å². The Kier molecular flexibility index (Phi) is 5.89. The van der Waals surface area contributed by atoms with Crippen molar-refractivity contribution < 1.29 is 18.7 Å². The van der Waals surface area contributed by atoms with E-state index in [0.29, 0.717) is 34.4 Å². The number of aromatic nitrogens is 1. The zero-order valence-electron chi connectivity index (χ0n) is 17.9. The molecule has 0 aliphatic heterocycles. The third-order valence-electron chi connectivity index (χ3n) is 5.95. The van der Waals surface area contributed by atoms with Crippen LogP contribution in [0, 0.1) is 11.6 Å². The summed E-state index contributed by atoms with van der Waals surface area (Å²) in [6, 6.07) is 14.7. The minimum atomic E-state index is -0.812. The number of thiophene rings is 1. The molecule has 1 fully saturated rings. The minimum Gasteiger partial charge on any atom is -0.391 e. The SMILES string of the molecule is O=C(N[C@@H]1CCC[C@H]1O)c1sc2c(ccc(=O)n2-c2ccccc2)c1Nc1ccc(F)cc1F. The van der Waals surface area contributed by atoms with Gasteiger partial charge in [-0.1, -0.05) is 18.2 Å². The lowest BCUT2D eigenvalue weighted by atomic mass is 10.2. The Hall–Kier alpha value is -3.56. The lowest BCUT2D eigenvalue weighted by Crippen LogP contribution is -2.39. The van der Waals surface area contributed by atoms with Gasteiger partial charge in [-0.25, -0.2) is 8.78 Å². The molecule has 1 aliphatic carbocycles. The molecule has 2 atom stereocenters. The number of hydrogen-bond acceptors (Lipinski definition) is 5. The third-order valence-corrected chi connectivity index (χ3v) is 7.14. The molecule has 174 valence electrons. The topological polar surface area (TPSA) is 83.4 Å². The molecule has 2 aromatic heterocycles. The number of amides is 1. The zero-order chi connectivity index (χ0) is 23.8. The first-order chi connectivity index (χ1) is 16.4. The lowest BCUT2D eigenvalue weighted by molar-refractivity contribution is 0.0878. The summed E-state index contributed by atoms with van der Waals surface area (Å²) >= 11 is 1.09. The first-order valence-electron chi connectivity index (χ1n) is 10.9. The van der Waals surface area contributed by atoms with Crippen LogP contribution in [-0.2, 0) is 0 Å². The van der Waals surface area contributed by atoms with E-state index >= 15 is 0 Å². The molecule has 0 saturated heterocycles. The van der Waals surface area contributed by atoms with Gasteiger partial charge in [-0.15, -0.1) is 11.3 Å². The number of carbonyl (C=O) groups is 1. The molecule has 34 heavy (non-hydrogen) atoms. The Morgan fingerprint density at radius 2 is 1.85 bits per heavy atom. The van der Waals surface area contributed by atoms with E-state index in [2.05, 4.69) is 10.6 Å². The number of fused-ring (bicyclic) bond motifs is 1. The average Bonchev–Trinajstić information content (AvgIpc) is 3.39. The summed E-state index contributed by atoms with van der Waals surface area (Å²) in [4.78, 5) is 26.8. The molecular formula is C25H21F2N3O3S. The first kappa shape index (κ1) is 22.2. The highest BCUT2D eigenvalue weighted by Gasteiger charge is 2.29. The zero-order valence-corrected chi connectivity index (χ0v) is 18.7. The summed E-state index contributed by atoms with van der Waals surface area (Å²) in [6.45, 7) is 0. The second-order valence-electron chi connectivity index (χ2n) is 8.19. The maximum Gasteiger partial charge on any atom is 0.263 e. The quantitative estimate of drug-likeness (QED) is 0.385. The maximum atomic E-state index is 14.5. The maximum absolute atomic E-state index is 14.5. The number of hydrogen-bond donors (Lipinski definition) is 3. The van der Waals surface area contributed by atoms with Crippen LogP contribution in [0.15, 0.2) is 65.5 Å². The molecule has 0 radical (unpaired) electrons. The van der Waals surface area contributed by atoms with Crippen molar-refractivity contribution >= 4 is 38.8 Å². The van der Waals surface area contributed by atoms with Crippen molar-refractivity contribution in [3.8, 4) is 5.69 Å². The molecule has 0 unspecified atom stereocenters. The first-order valence-corrected chi connectivity index (χ1v) is 11.7. The van der Waals surface area contributed by atoms with Gasteiger partial charge in [0.15, 0.2) is 0 Å². The fourth-order valence-electron chi connectivity index (χ4n) is 4.26. The number of pyridine rings is 1. The fourth-order valence-corrected chi connectivity index (χ4v) is 5.43. The normalized spacial score (nSPS) is 17.7. The predicted octanol–water partition coefficient (Wildman–Crippen LogP) is 4.72. The Morgan fingerprint density at radius 3 is 2.56 bits per heavy atom. The molecular weight excluding hydrogens is 460 g/mol. The van der Waals surface area contributed by atoms with Crippen LogP contribution in [0.4, 0.5) is 20.2 Å². The van der Waals surface area contributed by atoms with Gasteiger partial charge in [0.2, 0.25) is 0 Å². The van der Waals surface area contributed by atoms with E-state index in [0.717, 1.165) is 29.9 Å². The number of halogens is 2. The fraction of sp³-hybridized carbons (Fsp3) is 0.200. The molecule has 0 bridgehead atoms. The largest absolute Gasteiger partial charge is 0.391 e. The number of aliphatic hydroxyl groups is 1. The second-order valence-corrected chi connectivity index (χ2v) is 9.19. The van der Waals surface area contributed by atoms with Crippen LogP contribution in [0.5, 0.6) is 0 Å². The molecule has 1 aliphatic rings. The van der Waals surface area contributed by atoms with E-state index in [-0.39, 0.29) is 22.2 Å². The average molecular weight is 482 g/mol. The number of nitrogens with zero attached hydrogens (tertiary/aromatic N) is 1. The lowest BCUT2D eigenvalue weighted by Gasteiger charge is -2.16. The second kappa shape index (κ2) is 9.00. The molecule has 2 aromatic carbocycles. The molecule has 1 amide bonds. The third kappa shape index (κ3) is 4.08. The Labute approximate surface area is 197 Å². The van der Waals surface area contributed by atoms with Crippen LogP contribution in [0.3, 0.4) is 0 Å². The number of nitrogens with one attached hydrogen (secondary N) is 2. The van der Waals surface area contributed by atoms with Crippen molar-refractivity contribution in [3.63, 3.8) is 0 Å². The number of rotatable bonds is 5. The number of para-hydroxylation sites is 1. The van der Waals surface area contributed by atoms with Crippen molar-refractivity contribution in [2.75, 3.05) is 5.32 Å². The van der Waals surface area contributed by atoms with Crippen LogP contribution in [0.2, 0.25) is 0 Å². The Balaban J connectivity index is 1.67. The molecule has 5 rings (SSSR count). The smallest absolute Gasteiger partial charge is 0.263 e. The van der Waals surface area contributed by atoms with Crippen LogP contribution < -0.4 is 16.2 Å². The number of anilines is 2. The number of benzene rings is 2. The minimum absolute atomic E-state index is 0.00601. The van der Waals surface area contributed by atoms with E-state index in [1.165, 1.54) is 16.7 Å². The number of aliphatic hydroxyl groups excluding tert-OH is 1. The predicted molar refractivity (Wildman–Crippen MR) is 128 cm³/mol. The van der Waals surface area contributed by atoms with Crippen LogP contribution in [0.25, 0.3) is 15.9 Å².